The van der Waals surface area contributed by atoms with Crippen LogP contribution >= 0.6 is 11.8 Å². The van der Waals surface area contributed by atoms with Crippen molar-refractivity contribution in [3.63, 3.8) is 0 Å². The van der Waals surface area contributed by atoms with Gasteiger partial charge in [-0.1, -0.05) is 6.92 Å². The molecule has 0 amide bonds. The lowest BCUT2D eigenvalue weighted by Gasteiger charge is -2.30. The maximum Gasteiger partial charge on any atom is 0.335 e. The molecule has 1 aliphatic rings. The third-order valence-electron chi connectivity index (χ3n) is 3.39. The first kappa shape index (κ1) is 14.1. The van der Waals surface area contributed by atoms with Crippen molar-refractivity contribution in [2.45, 2.75) is 31.1 Å². The molecule has 1 aromatic rings. The van der Waals surface area contributed by atoms with Crippen LogP contribution in [0.25, 0.3) is 0 Å². The predicted molar refractivity (Wildman–Crippen MR) is 78.5 cm³/mol. The van der Waals surface area contributed by atoms with Crippen molar-refractivity contribution in [1.82, 2.24) is 0 Å². The fraction of sp³-hybridized carbons (Fsp3) is 0.500. The average Bonchev–Trinajstić information content (AvgIpc) is 2.41. The topological polar surface area (TPSA) is 58.6 Å². The van der Waals surface area contributed by atoms with Crippen LogP contribution in [-0.4, -0.2) is 35.2 Å². The van der Waals surface area contributed by atoms with E-state index in [0.29, 0.717) is 17.0 Å². The fourth-order valence-electron chi connectivity index (χ4n) is 2.27. The Morgan fingerprint density at radius 1 is 1.53 bits per heavy atom. The summed E-state index contributed by atoms with van der Waals surface area (Å²) >= 11 is 1.95. The minimum absolute atomic E-state index is 0.277. The number of anilines is 1. The van der Waals surface area contributed by atoms with Gasteiger partial charge in [-0.15, -0.1) is 0 Å². The second-order valence-corrected chi connectivity index (χ2v) is 6.17. The molecule has 104 valence electrons. The fourth-order valence-corrected chi connectivity index (χ4v) is 3.41. The van der Waals surface area contributed by atoms with E-state index < -0.39 is 5.97 Å². The second-order valence-electron chi connectivity index (χ2n) is 4.69. The lowest BCUT2D eigenvalue weighted by molar-refractivity contribution is 0.0697. The van der Waals surface area contributed by atoms with Gasteiger partial charge in [0.2, 0.25) is 0 Å². The van der Waals surface area contributed by atoms with E-state index in [1.54, 1.807) is 25.3 Å². The van der Waals surface area contributed by atoms with E-state index in [2.05, 4.69) is 12.2 Å². The molecule has 0 spiro atoms. The quantitative estimate of drug-likeness (QED) is 0.888. The van der Waals surface area contributed by atoms with Crippen LogP contribution in [0.1, 0.15) is 30.1 Å². The Balaban J connectivity index is 2.21. The Morgan fingerprint density at radius 3 is 2.95 bits per heavy atom. The van der Waals surface area contributed by atoms with Crippen molar-refractivity contribution in [3.05, 3.63) is 23.8 Å². The van der Waals surface area contributed by atoms with E-state index in [0.717, 1.165) is 12.1 Å². The number of nitrogens with one attached hydrogen (secondary N) is 1. The molecule has 2 N–H and O–H groups in total. The van der Waals surface area contributed by atoms with Crippen molar-refractivity contribution < 1.29 is 14.6 Å². The van der Waals surface area contributed by atoms with Crippen LogP contribution in [-0.2, 0) is 0 Å². The van der Waals surface area contributed by atoms with Crippen LogP contribution in [0, 0.1) is 0 Å². The number of hydrogen-bond donors (Lipinski definition) is 2. The summed E-state index contributed by atoms with van der Waals surface area (Å²) in [6.07, 6.45) is 2.29. The molecule has 1 fully saturated rings. The maximum atomic E-state index is 11.0. The Hall–Kier alpha value is -1.36. The maximum absolute atomic E-state index is 11.0. The van der Waals surface area contributed by atoms with E-state index in [-0.39, 0.29) is 5.56 Å². The number of aromatic carboxylic acids is 1. The van der Waals surface area contributed by atoms with E-state index in [9.17, 15) is 4.79 Å². The number of carboxylic acids is 1. The highest BCUT2D eigenvalue weighted by Gasteiger charge is 2.22. The molecule has 2 atom stereocenters. The SMILES string of the molecule is COc1ccc(C(=O)O)cc1NC1CCCSC1C. The van der Waals surface area contributed by atoms with Gasteiger partial charge >= 0.3 is 5.97 Å². The van der Waals surface area contributed by atoms with Gasteiger partial charge in [0, 0.05) is 11.3 Å². The largest absolute Gasteiger partial charge is 0.495 e. The van der Waals surface area contributed by atoms with Crippen molar-refractivity contribution >= 4 is 23.4 Å². The molecule has 0 radical (unpaired) electrons. The van der Waals surface area contributed by atoms with Crippen molar-refractivity contribution in [2.24, 2.45) is 0 Å². The van der Waals surface area contributed by atoms with Gasteiger partial charge in [0.15, 0.2) is 0 Å². The van der Waals surface area contributed by atoms with E-state index in [1.165, 1.54) is 12.2 Å². The van der Waals surface area contributed by atoms with Crippen molar-refractivity contribution in [1.29, 1.82) is 0 Å². The molecule has 0 bridgehead atoms. The van der Waals surface area contributed by atoms with Crippen LogP contribution in [0.5, 0.6) is 5.75 Å². The number of rotatable bonds is 4. The van der Waals surface area contributed by atoms with Gasteiger partial charge < -0.3 is 15.2 Å². The first-order valence-corrected chi connectivity index (χ1v) is 7.46. The van der Waals surface area contributed by atoms with E-state index in [4.69, 9.17) is 9.84 Å². The summed E-state index contributed by atoms with van der Waals surface area (Å²) in [4.78, 5) is 11.0. The third kappa shape index (κ3) is 3.35. The summed E-state index contributed by atoms with van der Waals surface area (Å²) in [6.45, 7) is 2.20. The normalized spacial score (nSPS) is 22.8. The van der Waals surface area contributed by atoms with Crippen LogP contribution in [0.2, 0.25) is 0 Å². The van der Waals surface area contributed by atoms with Gasteiger partial charge in [0.05, 0.1) is 18.4 Å². The number of methoxy groups -OCH3 is 1. The highest BCUT2D eigenvalue weighted by atomic mass is 32.2. The summed E-state index contributed by atoms with van der Waals surface area (Å²) in [5.74, 6) is 0.968. The Morgan fingerprint density at radius 2 is 2.32 bits per heavy atom. The Kier molecular flexibility index (Phi) is 4.58. The molecular formula is C14H19NO3S. The lowest BCUT2D eigenvalue weighted by Crippen LogP contribution is -2.32. The summed E-state index contributed by atoms with van der Waals surface area (Å²) in [5, 5.41) is 13.0. The second kappa shape index (κ2) is 6.19. The molecule has 1 aromatic carbocycles. The number of thioether (sulfide) groups is 1. The highest BCUT2D eigenvalue weighted by Crippen LogP contribution is 2.32. The van der Waals surface area contributed by atoms with Gasteiger partial charge in [-0.05, 0) is 36.8 Å². The summed E-state index contributed by atoms with van der Waals surface area (Å²) in [5.41, 5.74) is 1.04. The zero-order valence-electron chi connectivity index (χ0n) is 11.2. The third-order valence-corrected chi connectivity index (χ3v) is 4.77. The minimum atomic E-state index is -0.920. The highest BCUT2D eigenvalue weighted by molar-refractivity contribution is 8.00. The first-order chi connectivity index (χ1) is 9.11. The van der Waals surface area contributed by atoms with Crippen LogP contribution in [0.15, 0.2) is 18.2 Å². The summed E-state index contributed by atoms with van der Waals surface area (Å²) < 4.78 is 5.29. The molecule has 19 heavy (non-hydrogen) atoms. The molecule has 4 nitrogen and oxygen atoms in total. The van der Waals surface area contributed by atoms with E-state index >= 15 is 0 Å². The Labute approximate surface area is 117 Å². The van der Waals surface area contributed by atoms with Gasteiger partial charge in [-0.3, -0.25) is 0 Å². The molecule has 1 heterocycles. The first-order valence-electron chi connectivity index (χ1n) is 6.41. The average molecular weight is 281 g/mol. The molecule has 1 aliphatic heterocycles. The monoisotopic (exact) mass is 281 g/mol. The Bertz CT molecular complexity index is 464. The predicted octanol–water partition coefficient (Wildman–Crippen LogP) is 3.09. The molecule has 2 rings (SSSR count). The van der Waals surface area contributed by atoms with Crippen LogP contribution in [0.3, 0.4) is 0 Å². The number of carbonyl (C=O) groups is 1. The molecule has 5 heteroatoms. The number of hydrogen-bond acceptors (Lipinski definition) is 4. The van der Waals surface area contributed by atoms with Crippen LogP contribution < -0.4 is 10.1 Å². The number of ether oxygens (including phenoxy) is 1. The smallest absolute Gasteiger partial charge is 0.335 e. The summed E-state index contributed by atoms with van der Waals surface area (Å²) in [7, 11) is 1.60. The van der Waals surface area contributed by atoms with Gasteiger partial charge in [0.25, 0.3) is 0 Å². The molecular weight excluding hydrogens is 262 g/mol. The lowest BCUT2D eigenvalue weighted by atomic mass is 10.1. The van der Waals surface area contributed by atoms with Crippen molar-refractivity contribution in [3.8, 4) is 5.75 Å². The van der Waals surface area contributed by atoms with Gasteiger partial charge in [-0.2, -0.15) is 11.8 Å². The molecule has 0 aromatic heterocycles. The molecule has 0 saturated carbocycles. The van der Waals surface area contributed by atoms with Gasteiger partial charge in [0.1, 0.15) is 5.75 Å². The van der Waals surface area contributed by atoms with Crippen molar-refractivity contribution in [2.75, 3.05) is 18.2 Å². The van der Waals surface area contributed by atoms with Gasteiger partial charge in [-0.25, -0.2) is 4.79 Å². The zero-order valence-corrected chi connectivity index (χ0v) is 12.0. The standard InChI is InChI=1S/C14H19NO3S/c1-9-11(4-3-7-19-9)15-12-8-10(14(16)17)5-6-13(12)18-2/h5-6,8-9,11,15H,3-4,7H2,1-2H3,(H,16,17). The van der Waals surface area contributed by atoms with Crippen LogP contribution in [0.4, 0.5) is 5.69 Å². The van der Waals surface area contributed by atoms with E-state index in [1.807, 2.05) is 11.8 Å². The summed E-state index contributed by atoms with van der Waals surface area (Å²) in [6, 6.07) is 5.27. The number of carboxylic acid groups (broad SMARTS) is 1. The minimum Gasteiger partial charge on any atom is -0.495 e. The zero-order chi connectivity index (χ0) is 13.8. The number of benzene rings is 1. The molecule has 2 unspecified atom stereocenters. The molecule has 0 aliphatic carbocycles. The molecule has 1 saturated heterocycles.